The Bertz CT molecular complexity index is 619. The molecule has 2 N–H and O–H groups in total. The molecule has 0 aliphatic heterocycles. The van der Waals surface area contributed by atoms with E-state index in [0.29, 0.717) is 17.7 Å². The number of aliphatic hydroxyl groups is 1. The Hall–Kier alpha value is -2.28. The van der Waals surface area contributed by atoms with E-state index in [1.165, 1.54) is 11.0 Å². The molecule has 0 radical (unpaired) electrons. The van der Waals surface area contributed by atoms with Gasteiger partial charge in [0, 0.05) is 5.56 Å². The Morgan fingerprint density at radius 3 is 2.77 bits per heavy atom. The lowest BCUT2D eigenvalue weighted by Gasteiger charge is -2.25. The Morgan fingerprint density at radius 1 is 1.41 bits per heavy atom. The minimum absolute atomic E-state index is 0.0227. The quantitative estimate of drug-likeness (QED) is 0.865. The predicted octanol–water partition coefficient (Wildman–Crippen LogP) is 1.19. The molecule has 0 aliphatic rings. The molecule has 0 bridgehead atoms. The van der Waals surface area contributed by atoms with Crippen molar-refractivity contribution in [2.24, 2.45) is 5.41 Å². The summed E-state index contributed by atoms with van der Waals surface area (Å²) >= 11 is 0. The van der Waals surface area contributed by atoms with E-state index in [1.54, 1.807) is 18.2 Å². The number of aliphatic hydroxyl groups excluding tert-OH is 1. The molecule has 0 spiro atoms. The van der Waals surface area contributed by atoms with Crippen LogP contribution < -0.4 is 5.32 Å². The molecule has 118 valence electrons. The van der Waals surface area contributed by atoms with E-state index < -0.39 is 0 Å². The molecule has 1 heterocycles. The summed E-state index contributed by atoms with van der Waals surface area (Å²) < 4.78 is 1.48. The molecular weight excluding hydrogens is 282 g/mol. The van der Waals surface area contributed by atoms with Crippen molar-refractivity contribution in [2.75, 3.05) is 6.61 Å². The number of aromatic nitrogens is 4. The van der Waals surface area contributed by atoms with Gasteiger partial charge in [0.1, 0.15) is 6.33 Å². The van der Waals surface area contributed by atoms with Gasteiger partial charge in [0.05, 0.1) is 18.3 Å². The lowest BCUT2D eigenvalue weighted by atomic mass is 9.88. The maximum absolute atomic E-state index is 12.3. The molecule has 1 aromatic carbocycles. The fraction of sp³-hybridized carbons (Fsp3) is 0.467. The fourth-order valence-electron chi connectivity index (χ4n) is 2.24. The number of hydrogen-bond donors (Lipinski definition) is 2. The summed E-state index contributed by atoms with van der Waals surface area (Å²) in [5.41, 5.74) is 1.23. The first-order valence-corrected chi connectivity index (χ1v) is 7.14. The summed E-state index contributed by atoms with van der Waals surface area (Å²) in [5.74, 6) is -0.224. The van der Waals surface area contributed by atoms with Crippen LogP contribution in [-0.2, 0) is 0 Å². The third-order valence-corrected chi connectivity index (χ3v) is 3.14. The molecule has 2 rings (SSSR count). The van der Waals surface area contributed by atoms with E-state index in [4.69, 9.17) is 0 Å². The molecule has 0 fully saturated rings. The average Bonchev–Trinajstić information content (AvgIpc) is 2.99. The minimum Gasteiger partial charge on any atom is -0.394 e. The van der Waals surface area contributed by atoms with Crippen LogP contribution in [0.5, 0.6) is 0 Å². The summed E-state index contributed by atoms with van der Waals surface area (Å²) in [4.78, 5) is 12.3. The van der Waals surface area contributed by atoms with Crippen molar-refractivity contribution < 1.29 is 9.90 Å². The summed E-state index contributed by atoms with van der Waals surface area (Å²) in [7, 11) is 0. The van der Waals surface area contributed by atoms with Gasteiger partial charge in [-0.2, -0.15) is 0 Å². The lowest BCUT2D eigenvalue weighted by molar-refractivity contribution is 0.0897. The number of benzene rings is 1. The Kier molecular flexibility index (Phi) is 4.87. The Morgan fingerprint density at radius 2 is 2.18 bits per heavy atom. The highest BCUT2D eigenvalue weighted by Gasteiger charge is 2.20. The largest absolute Gasteiger partial charge is 0.394 e. The van der Waals surface area contributed by atoms with Gasteiger partial charge >= 0.3 is 0 Å². The highest BCUT2D eigenvalue weighted by molar-refractivity contribution is 5.94. The summed E-state index contributed by atoms with van der Waals surface area (Å²) in [6.45, 7) is 6.12. The van der Waals surface area contributed by atoms with E-state index in [-0.39, 0.29) is 24.0 Å². The zero-order valence-electron chi connectivity index (χ0n) is 13.0. The number of carbonyl (C=O) groups excluding carboxylic acids is 1. The van der Waals surface area contributed by atoms with Crippen molar-refractivity contribution in [2.45, 2.75) is 33.2 Å². The maximum atomic E-state index is 12.3. The van der Waals surface area contributed by atoms with Gasteiger partial charge in [0.15, 0.2) is 0 Å². The van der Waals surface area contributed by atoms with Crippen LogP contribution in [0, 0.1) is 5.41 Å². The van der Waals surface area contributed by atoms with Crippen molar-refractivity contribution in [3.63, 3.8) is 0 Å². The molecular formula is C15H21N5O2. The SMILES string of the molecule is CC(C)(C)CC(CO)NC(=O)c1cccc(-n2cnnn2)c1. The lowest BCUT2D eigenvalue weighted by Crippen LogP contribution is -2.40. The van der Waals surface area contributed by atoms with Crippen LogP contribution in [0.4, 0.5) is 0 Å². The number of amides is 1. The average molecular weight is 303 g/mol. The van der Waals surface area contributed by atoms with E-state index in [2.05, 4.69) is 41.6 Å². The zero-order chi connectivity index (χ0) is 16.2. The first-order chi connectivity index (χ1) is 10.4. The molecule has 0 saturated heterocycles. The number of hydrogen-bond acceptors (Lipinski definition) is 5. The molecule has 0 aliphatic carbocycles. The summed E-state index contributed by atoms with van der Waals surface area (Å²) in [5, 5.41) is 23.3. The highest BCUT2D eigenvalue weighted by Crippen LogP contribution is 2.21. The molecule has 1 atom stereocenters. The van der Waals surface area contributed by atoms with Crippen LogP contribution in [-0.4, -0.2) is 43.9 Å². The van der Waals surface area contributed by atoms with Gasteiger partial charge in [-0.1, -0.05) is 26.8 Å². The number of nitrogens with one attached hydrogen (secondary N) is 1. The van der Waals surface area contributed by atoms with Gasteiger partial charge < -0.3 is 10.4 Å². The maximum Gasteiger partial charge on any atom is 0.251 e. The number of rotatable bonds is 5. The Balaban J connectivity index is 2.11. The second-order valence-corrected chi connectivity index (χ2v) is 6.42. The molecule has 1 unspecified atom stereocenters. The summed E-state index contributed by atoms with van der Waals surface area (Å²) in [6, 6.07) is 6.73. The van der Waals surface area contributed by atoms with Crippen molar-refractivity contribution >= 4 is 5.91 Å². The van der Waals surface area contributed by atoms with Crippen LogP contribution in [0.1, 0.15) is 37.6 Å². The molecule has 0 saturated carbocycles. The van der Waals surface area contributed by atoms with Crippen LogP contribution in [0.15, 0.2) is 30.6 Å². The van der Waals surface area contributed by atoms with Crippen molar-refractivity contribution in [1.82, 2.24) is 25.5 Å². The van der Waals surface area contributed by atoms with Gasteiger partial charge in [-0.05, 0) is 40.5 Å². The second-order valence-electron chi connectivity index (χ2n) is 6.42. The van der Waals surface area contributed by atoms with Crippen LogP contribution in [0.2, 0.25) is 0 Å². The highest BCUT2D eigenvalue weighted by atomic mass is 16.3. The number of tetrazole rings is 1. The van der Waals surface area contributed by atoms with Gasteiger partial charge in [0.25, 0.3) is 5.91 Å². The minimum atomic E-state index is -0.274. The predicted molar refractivity (Wildman–Crippen MR) is 81.6 cm³/mol. The zero-order valence-corrected chi connectivity index (χ0v) is 13.0. The molecule has 22 heavy (non-hydrogen) atoms. The molecule has 7 heteroatoms. The molecule has 2 aromatic rings. The van der Waals surface area contributed by atoms with Crippen molar-refractivity contribution in [1.29, 1.82) is 0 Å². The van der Waals surface area contributed by atoms with E-state index >= 15 is 0 Å². The molecule has 7 nitrogen and oxygen atoms in total. The van der Waals surface area contributed by atoms with Gasteiger partial charge in [-0.15, -0.1) is 5.10 Å². The summed E-state index contributed by atoms with van der Waals surface area (Å²) in [6.07, 6.45) is 2.16. The number of nitrogens with zero attached hydrogens (tertiary/aromatic N) is 4. The monoisotopic (exact) mass is 303 g/mol. The third kappa shape index (κ3) is 4.36. The Labute approximate surface area is 129 Å². The van der Waals surface area contributed by atoms with E-state index in [9.17, 15) is 9.90 Å². The van der Waals surface area contributed by atoms with Gasteiger partial charge in [0.2, 0.25) is 0 Å². The topological polar surface area (TPSA) is 92.9 Å². The molecule has 1 amide bonds. The molecule has 1 aromatic heterocycles. The van der Waals surface area contributed by atoms with E-state index in [1.807, 2.05) is 6.07 Å². The fourth-order valence-corrected chi connectivity index (χ4v) is 2.24. The van der Waals surface area contributed by atoms with Gasteiger partial charge in [-0.25, -0.2) is 4.68 Å². The van der Waals surface area contributed by atoms with Crippen LogP contribution in [0.25, 0.3) is 5.69 Å². The van der Waals surface area contributed by atoms with E-state index in [0.717, 1.165) is 0 Å². The standard InChI is InChI=1S/C15H21N5O2/c1-15(2,3)8-12(9-21)17-14(22)11-5-4-6-13(7-11)20-10-16-18-19-20/h4-7,10,12,21H,8-9H2,1-3H3,(H,17,22). The first-order valence-electron chi connectivity index (χ1n) is 7.14. The second kappa shape index (κ2) is 6.65. The van der Waals surface area contributed by atoms with Crippen LogP contribution in [0.3, 0.4) is 0 Å². The van der Waals surface area contributed by atoms with Crippen molar-refractivity contribution in [3.05, 3.63) is 36.2 Å². The first kappa shape index (κ1) is 16.1. The van der Waals surface area contributed by atoms with Gasteiger partial charge in [-0.3, -0.25) is 4.79 Å². The number of carbonyl (C=O) groups is 1. The normalized spacial score (nSPS) is 12.9. The smallest absolute Gasteiger partial charge is 0.251 e. The van der Waals surface area contributed by atoms with Crippen LogP contribution >= 0.6 is 0 Å². The van der Waals surface area contributed by atoms with Crippen molar-refractivity contribution in [3.8, 4) is 5.69 Å². The third-order valence-electron chi connectivity index (χ3n) is 3.14.